The van der Waals surface area contributed by atoms with Crippen LogP contribution in [0.4, 0.5) is 0 Å². The molecule has 2 aliphatic heterocycles. The Balaban J connectivity index is 1.93. The summed E-state index contributed by atoms with van der Waals surface area (Å²) in [5, 5.41) is 0. The molecular formula is C20H16O4. The minimum atomic E-state index is -0.275. The maximum absolute atomic E-state index is 12.5. The highest BCUT2D eigenvalue weighted by Gasteiger charge is 2.38. The fourth-order valence-electron chi connectivity index (χ4n) is 3.29. The van der Waals surface area contributed by atoms with Crippen molar-refractivity contribution in [2.75, 3.05) is 0 Å². The van der Waals surface area contributed by atoms with E-state index in [2.05, 4.69) is 0 Å². The molecule has 4 rings (SSSR count). The van der Waals surface area contributed by atoms with Gasteiger partial charge in [-0.1, -0.05) is 30.3 Å². The van der Waals surface area contributed by atoms with Crippen LogP contribution >= 0.6 is 0 Å². The number of rotatable bonds is 1. The highest BCUT2D eigenvalue weighted by atomic mass is 16.5. The molecule has 0 saturated heterocycles. The first-order chi connectivity index (χ1) is 11.6. The molecule has 4 nitrogen and oxygen atoms in total. The van der Waals surface area contributed by atoms with Gasteiger partial charge in [0.15, 0.2) is 5.76 Å². The number of hydrogen-bond donors (Lipinski definition) is 0. The van der Waals surface area contributed by atoms with Crippen molar-refractivity contribution in [3.8, 4) is 11.5 Å². The predicted molar refractivity (Wildman–Crippen MR) is 88.3 cm³/mol. The summed E-state index contributed by atoms with van der Waals surface area (Å²) in [6.07, 6.45) is 0.231. The van der Waals surface area contributed by atoms with Gasteiger partial charge in [0.2, 0.25) is 5.78 Å². The Morgan fingerprint density at radius 2 is 1.75 bits per heavy atom. The standard InChI is InChI=1S/C20H16O4/c1-11(2)19-18(22)13-8-9-15-17(20(13)24-19)14(10-16(21)23-15)12-6-4-3-5-7-12/h3-9,14H,10H2,1-2H3/t14-/m1/s1. The molecule has 0 radical (unpaired) electrons. The van der Waals surface area contributed by atoms with Crippen molar-refractivity contribution in [1.82, 2.24) is 0 Å². The summed E-state index contributed by atoms with van der Waals surface area (Å²) in [4.78, 5) is 24.5. The third kappa shape index (κ3) is 2.14. The second-order valence-corrected chi connectivity index (χ2v) is 6.26. The lowest BCUT2D eigenvalue weighted by molar-refractivity contribution is -0.135. The SMILES string of the molecule is CC(C)=C1Oc2c(ccc3c2[C@@H](c2ccccc2)CC(=O)O3)C1=O. The summed E-state index contributed by atoms with van der Waals surface area (Å²) in [6.45, 7) is 3.69. The van der Waals surface area contributed by atoms with E-state index in [4.69, 9.17) is 9.47 Å². The van der Waals surface area contributed by atoms with Crippen LogP contribution in [-0.2, 0) is 4.79 Å². The lowest BCUT2D eigenvalue weighted by atomic mass is 9.85. The van der Waals surface area contributed by atoms with E-state index in [0.29, 0.717) is 22.8 Å². The van der Waals surface area contributed by atoms with E-state index in [-0.39, 0.29) is 24.1 Å². The molecule has 0 spiro atoms. The minimum absolute atomic E-state index is 0.114. The van der Waals surface area contributed by atoms with Crippen LogP contribution in [0.15, 0.2) is 53.8 Å². The van der Waals surface area contributed by atoms with Crippen molar-refractivity contribution >= 4 is 11.8 Å². The quantitative estimate of drug-likeness (QED) is 0.453. The molecule has 0 amide bonds. The highest BCUT2D eigenvalue weighted by molar-refractivity contribution is 6.13. The summed E-state index contributed by atoms with van der Waals surface area (Å²) in [6, 6.07) is 13.1. The fourth-order valence-corrected chi connectivity index (χ4v) is 3.29. The van der Waals surface area contributed by atoms with Gasteiger partial charge in [-0.25, -0.2) is 0 Å². The molecular weight excluding hydrogens is 304 g/mol. The van der Waals surface area contributed by atoms with Crippen LogP contribution in [0.3, 0.4) is 0 Å². The van der Waals surface area contributed by atoms with Crippen molar-refractivity contribution in [3.63, 3.8) is 0 Å². The Labute approximate surface area is 139 Å². The Kier molecular flexibility index (Phi) is 3.27. The van der Waals surface area contributed by atoms with E-state index < -0.39 is 0 Å². The Morgan fingerprint density at radius 1 is 1.00 bits per heavy atom. The van der Waals surface area contributed by atoms with Crippen molar-refractivity contribution in [3.05, 3.63) is 70.5 Å². The van der Waals surface area contributed by atoms with E-state index >= 15 is 0 Å². The van der Waals surface area contributed by atoms with Gasteiger partial charge in [-0.2, -0.15) is 0 Å². The van der Waals surface area contributed by atoms with Gasteiger partial charge in [-0.05, 0) is 37.1 Å². The number of benzene rings is 2. The molecule has 2 aliphatic rings. The molecule has 0 aromatic heterocycles. The molecule has 0 bridgehead atoms. The fraction of sp³-hybridized carbons (Fsp3) is 0.200. The summed E-state index contributed by atoms with van der Waals surface area (Å²) in [5.41, 5.74) is 3.14. The number of esters is 1. The number of fused-ring (bicyclic) bond motifs is 3. The molecule has 0 saturated carbocycles. The molecule has 0 aliphatic carbocycles. The molecule has 2 aromatic rings. The van der Waals surface area contributed by atoms with Crippen LogP contribution in [0, 0.1) is 0 Å². The summed E-state index contributed by atoms with van der Waals surface area (Å²) in [7, 11) is 0. The molecule has 0 unspecified atom stereocenters. The van der Waals surface area contributed by atoms with Crippen molar-refractivity contribution in [2.24, 2.45) is 0 Å². The van der Waals surface area contributed by atoms with E-state index in [1.54, 1.807) is 12.1 Å². The van der Waals surface area contributed by atoms with Crippen LogP contribution in [0.2, 0.25) is 0 Å². The number of carbonyl (C=O) groups excluding carboxylic acids is 2. The van der Waals surface area contributed by atoms with Crippen LogP contribution in [0.25, 0.3) is 0 Å². The third-order valence-corrected chi connectivity index (χ3v) is 4.41. The zero-order valence-corrected chi connectivity index (χ0v) is 13.5. The first kappa shape index (κ1) is 14.7. The maximum atomic E-state index is 12.5. The van der Waals surface area contributed by atoms with Crippen LogP contribution in [-0.4, -0.2) is 11.8 Å². The van der Waals surface area contributed by atoms with E-state index in [1.807, 2.05) is 44.2 Å². The van der Waals surface area contributed by atoms with Gasteiger partial charge < -0.3 is 9.47 Å². The van der Waals surface area contributed by atoms with E-state index in [1.165, 1.54) is 0 Å². The average molecular weight is 320 g/mol. The smallest absolute Gasteiger partial charge is 0.312 e. The molecule has 120 valence electrons. The molecule has 1 atom stereocenters. The van der Waals surface area contributed by atoms with Gasteiger partial charge in [0, 0.05) is 11.5 Å². The van der Waals surface area contributed by atoms with Gasteiger partial charge in [-0.3, -0.25) is 9.59 Å². The second-order valence-electron chi connectivity index (χ2n) is 6.26. The van der Waals surface area contributed by atoms with E-state index in [0.717, 1.165) is 16.7 Å². The number of ketones is 1. The predicted octanol–water partition coefficient (Wildman–Crippen LogP) is 4.00. The zero-order chi connectivity index (χ0) is 16.8. The topological polar surface area (TPSA) is 52.6 Å². The monoisotopic (exact) mass is 320 g/mol. The molecule has 2 heterocycles. The molecule has 0 fully saturated rings. The van der Waals surface area contributed by atoms with Crippen LogP contribution < -0.4 is 9.47 Å². The first-order valence-corrected chi connectivity index (χ1v) is 7.89. The average Bonchev–Trinajstić information content (AvgIpc) is 2.92. The number of carbonyl (C=O) groups is 2. The van der Waals surface area contributed by atoms with Gasteiger partial charge in [-0.15, -0.1) is 0 Å². The first-order valence-electron chi connectivity index (χ1n) is 7.89. The molecule has 0 N–H and O–H groups in total. The summed E-state index contributed by atoms with van der Waals surface area (Å²) >= 11 is 0. The van der Waals surface area contributed by atoms with E-state index in [9.17, 15) is 9.59 Å². The Hall–Kier alpha value is -2.88. The van der Waals surface area contributed by atoms with Crippen molar-refractivity contribution in [1.29, 1.82) is 0 Å². The lowest BCUT2D eigenvalue weighted by Gasteiger charge is -2.26. The summed E-state index contributed by atoms with van der Waals surface area (Å²) < 4.78 is 11.3. The summed E-state index contributed by atoms with van der Waals surface area (Å²) in [5.74, 6) is 0.792. The number of Topliss-reactive ketones (excluding diaryl/α,β-unsaturated/α-hetero) is 1. The third-order valence-electron chi connectivity index (χ3n) is 4.41. The zero-order valence-electron chi connectivity index (χ0n) is 13.5. The molecule has 24 heavy (non-hydrogen) atoms. The number of ether oxygens (including phenoxy) is 2. The highest BCUT2D eigenvalue weighted by Crippen LogP contribution is 2.48. The van der Waals surface area contributed by atoms with Gasteiger partial charge in [0.1, 0.15) is 11.5 Å². The van der Waals surface area contributed by atoms with Crippen molar-refractivity contribution in [2.45, 2.75) is 26.2 Å². The second kappa shape index (κ2) is 5.34. The molecule has 4 heteroatoms. The normalized spacial score (nSPS) is 18.6. The largest absolute Gasteiger partial charge is 0.452 e. The van der Waals surface area contributed by atoms with Gasteiger partial charge in [0.25, 0.3) is 0 Å². The Bertz CT molecular complexity index is 889. The number of allylic oxidation sites excluding steroid dienone is 2. The Morgan fingerprint density at radius 3 is 2.46 bits per heavy atom. The van der Waals surface area contributed by atoms with Crippen molar-refractivity contribution < 1.29 is 19.1 Å². The van der Waals surface area contributed by atoms with Crippen LogP contribution in [0.5, 0.6) is 11.5 Å². The van der Waals surface area contributed by atoms with Gasteiger partial charge in [0.05, 0.1) is 12.0 Å². The minimum Gasteiger partial charge on any atom is -0.452 e. The van der Waals surface area contributed by atoms with Gasteiger partial charge >= 0.3 is 5.97 Å². The van der Waals surface area contributed by atoms with Crippen LogP contribution in [0.1, 0.15) is 47.7 Å². The molecule has 2 aromatic carbocycles. The lowest BCUT2D eigenvalue weighted by Crippen LogP contribution is -2.21. The maximum Gasteiger partial charge on any atom is 0.312 e. The number of hydrogen-bond acceptors (Lipinski definition) is 4.